The standard InChI is InChI=1S/C13H17NO3S/c1-4-9-18(15,16)10-8-17-13-7-5-6-12(11-13)14(2)3/h1,5-7,11H,8-10H2,2-3H3. The van der Waals surface area contributed by atoms with Crippen molar-refractivity contribution in [1.82, 2.24) is 0 Å². The van der Waals surface area contributed by atoms with Gasteiger partial charge in [-0.2, -0.15) is 0 Å². The van der Waals surface area contributed by atoms with Crippen LogP contribution in [-0.2, 0) is 9.84 Å². The number of hydrogen-bond acceptors (Lipinski definition) is 4. The number of sulfone groups is 1. The molecule has 0 spiro atoms. The molecule has 4 nitrogen and oxygen atoms in total. The van der Waals surface area contributed by atoms with Crippen molar-refractivity contribution in [3.63, 3.8) is 0 Å². The molecule has 18 heavy (non-hydrogen) atoms. The Morgan fingerprint density at radius 2 is 2.11 bits per heavy atom. The van der Waals surface area contributed by atoms with Gasteiger partial charge in [0.25, 0.3) is 0 Å². The van der Waals surface area contributed by atoms with Crippen LogP contribution in [-0.4, -0.2) is 40.6 Å². The molecule has 0 heterocycles. The molecule has 1 aromatic carbocycles. The SMILES string of the molecule is C#CCS(=O)(=O)CCOc1cccc(N(C)C)c1. The van der Waals surface area contributed by atoms with Crippen molar-refractivity contribution in [1.29, 1.82) is 0 Å². The summed E-state index contributed by atoms with van der Waals surface area (Å²) in [7, 11) is 0.654. The second-order valence-corrected chi connectivity index (χ2v) is 6.22. The summed E-state index contributed by atoms with van der Waals surface area (Å²) in [6, 6.07) is 7.46. The molecule has 0 atom stereocenters. The number of terminal acetylenes is 1. The van der Waals surface area contributed by atoms with E-state index in [1.54, 1.807) is 6.07 Å². The molecule has 98 valence electrons. The van der Waals surface area contributed by atoms with Crippen molar-refractivity contribution >= 4 is 15.5 Å². The zero-order valence-corrected chi connectivity index (χ0v) is 11.4. The molecular weight excluding hydrogens is 250 g/mol. The molecule has 0 radical (unpaired) electrons. The van der Waals surface area contributed by atoms with Gasteiger partial charge in [-0.25, -0.2) is 8.42 Å². The van der Waals surface area contributed by atoms with Gasteiger partial charge in [0.15, 0.2) is 9.84 Å². The van der Waals surface area contributed by atoms with Gasteiger partial charge in [0, 0.05) is 25.8 Å². The van der Waals surface area contributed by atoms with Crippen LogP contribution in [0, 0.1) is 12.3 Å². The van der Waals surface area contributed by atoms with Crippen molar-refractivity contribution in [2.24, 2.45) is 0 Å². The molecule has 0 unspecified atom stereocenters. The molecule has 0 saturated carbocycles. The molecule has 0 aliphatic rings. The maximum atomic E-state index is 11.4. The quantitative estimate of drug-likeness (QED) is 0.726. The van der Waals surface area contributed by atoms with Gasteiger partial charge in [-0.3, -0.25) is 0 Å². The van der Waals surface area contributed by atoms with Crippen LogP contribution in [0.1, 0.15) is 0 Å². The van der Waals surface area contributed by atoms with Gasteiger partial charge in [-0.15, -0.1) is 6.42 Å². The Kier molecular flexibility index (Phi) is 5.05. The van der Waals surface area contributed by atoms with Gasteiger partial charge >= 0.3 is 0 Å². The Hall–Kier alpha value is -1.67. The number of anilines is 1. The number of rotatable bonds is 6. The average Bonchev–Trinajstić information content (AvgIpc) is 2.29. The molecule has 0 aliphatic heterocycles. The van der Waals surface area contributed by atoms with Gasteiger partial charge in [0.1, 0.15) is 18.1 Å². The highest BCUT2D eigenvalue weighted by atomic mass is 32.2. The minimum atomic E-state index is -3.20. The first kappa shape index (κ1) is 14.4. The third-order valence-corrected chi connectivity index (χ3v) is 3.70. The third-order valence-electron chi connectivity index (χ3n) is 2.30. The van der Waals surface area contributed by atoms with Crippen LogP contribution in [0.3, 0.4) is 0 Å². The predicted octanol–water partition coefficient (Wildman–Crippen LogP) is 1.18. The maximum Gasteiger partial charge on any atom is 0.164 e. The fourth-order valence-corrected chi connectivity index (χ4v) is 2.07. The second kappa shape index (κ2) is 6.31. The third kappa shape index (κ3) is 4.68. The van der Waals surface area contributed by atoms with Crippen LogP contribution in [0.2, 0.25) is 0 Å². The van der Waals surface area contributed by atoms with Crippen LogP contribution in [0.4, 0.5) is 5.69 Å². The van der Waals surface area contributed by atoms with E-state index in [0.717, 1.165) is 5.69 Å². The van der Waals surface area contributed by atoms with Crippen molar-refractivity contribution in [3.8, 4) is 18.1 Å². The minimum Gasteiger partial charge on any atom is -0.492 e. The van der Waals surface area contributed by atoms with Crippen molar-refractivity contribution in [2.75, 3.05) is 37.1 Å². The summed E-state index contributed by atoms with van der Waals surface area (Å²) in [5, 5.41) is 0. The molecule has 0 aliphatic carbocycles. The van der Waals surface area contributed by atoms with E-state index < -0.39 is 9.84 Å². The Bertz CT molecular complexity index is 529. The first-order chi connectivity index (χ1) is 8.44. The van der Waals surface area contributed by atoms with Crippen LogP contribution >= 0.6 is 0 Å². The van der Waals surface area contributed by atoms with Crippen molar-refractivity contribution < 1.29 is 13.2 Å². The van der Waals surface area contributed by atoms with Gasteiger partial charge in [0.2, 0.25) is 0 Å². The fraction of sp³-hybridized carbons (Fsp3) is 0.385. The summed E-state index contributed by atoms with van der Waals surface area (Å²) in [6.45, 7) is 0.112. The van der Waals surface area contributed by atoms with Gasteiger partial charge in [-0.05, 0) is 12.1 Å². The maximum absolute atomic E-state index is 11.4. The number of ether oxygens (including phenoxy) is 1. The Morgan fingerprint density at radius 3 is 2.72 bits per heavy atom. The zero-order valence-electron chi connectivity index (χ0n) is 10.6. The largest absolute Gasteiger partial charge is 0.492 e. The Balaban J connectivity index is 2.55. The van der Waals surface area contributed by atoms with E-state index in [-0.39, 0.29) is 18.1 Å². The fourth-order valence-electron chi connectivity index (χ4n) is 1.34. The van der Waals surface area contributed by atoms with Crippen molar-refractivity contribution in [2.45, 2.75) is 0 Å². The van der Waals surface area contributed by atoms with E-state index in [2.05, 4.69) is 5.92 Å². The summed E-state index contributed by atoms with van der Waals surface area (Å²) in [5.41, 5.74) is 0.999. The molecular formula is C13H17NO3S. The molecule has 1 aromatic rings. The van der Waals surface area contributed by atoms with Gasteiger partial charge in [-0.1, -0.05) is 12.0 Å². The van der Waals surface area contributed by atoms with E-state index >= 15 is 0 Å². The zero-order chi connectivity index (χ0) is 13.6. The summed E-state index contributed by atoms with van der Waals surface area (Å²) in [5.74, 6) is 2.47. The molecule has 5 heteroatoms. The lowest BCUT2D eigenvalue weighted by Gasteiger charge is -2.14. The highest BCUT2D eigenvalue weighted by molar-refractivity contribution is 7.91. The Labute approximate surface area is 108 Å². The monoisotopic (exact) mass is 267 g/mol. The lowest BCUT2D eigenvalue weighted by atomic mass is 10.3. The van der Waals surface area contributed by atoms with Crippen LogP contribution in [0.15, 0.2) is 24.3 Å². The highest BCUT2D eigenvalue weighted by Gasteiger charge is 2.09. The second-order valence-electron chi connectivity index (χ2n) is 4.04. The molecule has 0 fully saturated rings. The molecule has 0 N–H and O–H groups in total. The van der Waals surface area contributed by atoms with Crippen LogP contribution < -0.4 is 9.64 Å². The summed E-state index contributed by atoms with van der Waals surface area (Å²) >= 11 is 0. The Morgan fingerprint density at radius 1 is 1.39 bits per heavy atom. The molecule has 0 saturated heterocycles. The lowest BCUT2D eigenvalue weighted by molar-refractivity contribution is 0.341. The lowest BCUT2D eigenvalue weighted by Crippen LogP contribution is -2.16. The molecule has 0 aromatic heterocycles. The molecule has 0 amide bonds. The van der Waals surface area contributed by atoms with E-state index in [9.17, 15) is 8.42 Å². The van der Waals surface area contributed by atoms with Gasteiger partial charge in [0.05, 0.1) is 5.75 Å². The van der Waals surface area contributed by atoms with E-state index in [1.807, 2.05) is 37.2 Å². The van der Waals surface area contributed by atoms with E-state index in [0.29, 0.717) is 5.75 Å². The first-order valence-corrected chi connectivity index (χ1v) is 7.31. The summed E-state index contributed by atoms with van der Waals surface area (Å²) in [4.78, 5) is 1.95. The predicted molar refractivity (Wildman–Crippen MR) is 73.8 cm³/mol. The normalized spacial score (nSPS) is 10.7. The minimum absolute atomic E-state index is 0.0661. The summed E-state index contributed by atoms with van der Waals surface area (Å²) < 4.78 is 28.1. The smallest absolute Gasteiger partial charge is 0.164 e. The van der Waals surface area contributed by atoms with Crippen LogP contribution in [0.5, 0.6) is 5.75 Å². The summed E-state index contributed by atoms with van der Waals surface area (Å²) in [6.07, 6.45) is 4.98. The number of hydrogen-bond donors (Lipinski definition) is 0. The number of benzene rings is 1. The topological polar surface area (TPSA) is 46.6 Å². The van der Waals surface area contributed by atoms with Crippen molar-refractivity contribution in [3.05, 3.63) is 24.3 Å². The molecule has 0 bridgehead atoms. The van der Waals surface area contributed by atoms with Crippen LogP contribution in [0.25, 0.3) is 0 Å². The highest BCUT2D eigenvalue weighted by Crippen LogP contribution is 2.19. The van der Waals surface area contributed by atoms with Gasteiger partial charge < -0.3 is 9.64 Å². The van der Waals surface area contributed by atoms with E-state index in [4.69, 9.17) is 11.2 Å². The average molecular weight is 267 g/mol. The van der Waals surface area contributed by atoms with E-state index in [1.165, 1.54) is 0 Å². The first-order valence-electron chi connectivity index (χ1n) is 5.49. The molecule has 1 rings (SSSR count). The number of nitrogens with zero attached hydrogens (tertiary/aromatic N) is 1.